The first kappa shape index (κ1) is 11.7. The van der Waals surface area contributed by atoms with Crippen molar-refractivity contribution in [3.05, 3.63) is 48.0 Å². The van der Waals surface area contributed by atoms with Crippen LogP contribution in [-0.2, 0) is 6.42 Å². The monoisotopic (exact) mass is 230 g/mol. The molecule has 0 spiro atoms. The lowest BCUT2D eigenvalue weighted by Gasteiger charge is -2.13. The van der Waals surface area contributed by atoms with Gasteiger partial charge in [0, 0.05) is 18.2 Å². The summed E-state index contributed by atoms with van der Waals surface area (Å²) in [7, 11) is 0. The fraction of sp³-hybridized carbons (Fsp3) is 0.357. The predicted octanol–water partition coefficient (Wildman–Crippen LogP) is 3.42. The van der Waals surface area contributed by atoms with Gasteiger partial charge in [-0.2, -0.15) is 0 Å². The van der Waals surface area contributed by atoms with E-state index in [4.69, 9.17) is 4.42 Å². The van der Waals surface area contributed by atoms with Crippen molar-refractivity contribution in [3.8, 4) is 0 Å². The van der Waals surface area contributed by atoms with Crippen molar-refractivity contribution in [2.45, 2.75) is 32.7 Å². The number of hydrogen-bond acceptors (Lipinski definition) is 3. The van der Waals surface area contributed by atoms with Gasteiger partial charge in [0.1, 0.15) is 11.6 Å². The minimum absolute atomic E-state index is 0.384. The maximum absolute atomic E-state index is 5.31. The van der Waals surface area contributed by atoms with Gasteiger partial charge in [0.2, 0.25) is 0 Å². The molecule has 0 saturated heterocycles. The third-order valence-corrected chi connectivity index (χ3v) is 2.69. The Labute approximate surface area is 102 Å². The molecule has 2 heterocycles. The fourth-order valence-electron chi connectivity index (χ4n) is 1.76. The number of aromatic nitrogens is 1. The van der Waals surface area contributed by atoms with E-state index in [-0.39, 0.29) is 0 Å². The van der Waals surface area contributed by atoms with Crippen molar-refractivity contribution in [2.75, 3.05) is 5.32 Å². The molecule has 1 unspecified atom stereocenters. The maximum atomic E-state index is 5.31. The van der Waals surface area contributed by atoms with Gasteiger partial charge in [0.15, 0.2) is 0 Å². The van der Waals surface area contributed by atoms with Gasteiger partial charge in [-0.25, -0.2) is 4.98 Å². The number of rotatable bonds is 5. The Balaban J connectivity index is 1.83. The molecule has 3 nitrogen and oxygen atoms in total. The quantitative estimate of drug-likeness (QED) is 0.855. The summed E-state index contributed by atoms with van der Waals surface area (Å²) in [5, 5.41) is 3.39. The molecule has 0 aromatic carbocycles. The van der Waals surface area contributed by atoms with E-state index in [0.29, 0.717) is 6.04 Å². The molecule has 0 aliphatic heterocycles. The minimum atomic E-state index is 0.384. The van der Waals surface area contributed by atoms with Gasteiger partial charge in [0.05, 0.1) is 6.26 Å². The zero-order valence-electron chi connectivity index (χ0n) is 10.3. The summed E-state index contributed by atoms with van der Waals surface area (Å²) >= 11 is 0. The fourth-order valence-corrected chi connectivity index (χ4v) is 1.76. The Morgan fingerprint density at radius 1 is 1.29 bits per heavy atom. The second-order valence-corrected chi connectivity index (χ2v) is 4.33. The molecule has 0 radical (unpaired) electrons. The van der Waals surface area contributed by atoms with Gasteiger partial charge in [0.25, 0.3) is 0 Å². The summed E-state index contributed by atoms with van der Waals surface area (Å²) in [6.07, 6.45) is 3.70. The maximum Gasteiger partial charge on any atom is 0.126 e. The highest BCUT2D eigenvalue weighted by Gasteiger charge is 2.04. The van der Waals surface area contributed by atoms with E-state index < -0.39 is 0 Å². The standard InChI is InChI=1S/C14H18N2O/c1-11-5-3-7-14(15-11)16-12(2)8-9-13-6-4-10-17-13/h3-7,10,12H,8-9H2,1-2H3,(H,15,16). The van der Waals surface area contributed by atoms with Crippen LogP contribution in [0.5, 0.6) is 0 Å². The Morgan fingerprint density at radius 3 is 2.88 bits per heavy atom. The molecule has 3 heteroatoms. The number of nitrogens with zero attached hydrogens (tertiary/aromatic N) is 1. The Hall–Kier alpha value is -1.77. The van der Waals surface area contributed by atoms with Crippen molar-refractivity contribution >= 4 is 5.82 Å². The first-order valence-electron chi connectivity index (χ1n) is 5.96. The first-order valence-corrected chi connectivity index (χ1v) is 5.96. The molecule has 17 heavy (non-hydrogen) atoms. The molecule has 0 aliphatic carbocycles. The normalized spacial score (nSPS) is 12.4. The van der Waals surface area contributed by atoms with E-state index in [2.05, 4.69) is 17.2 Å². The number of pyridine rings is 1. The van der Waals surface area contributed by atoms with E-state index in [1.165, 1.54) is 0 Å². The molecule has 0 fully saturated rings. The SMILES string of the molecule is Cc1cccc(NC(C)CCc2ccco2)n1. The van der Waals surface area contributed by atoms with E-state index in [9.17, 15) is 0 Å². The van der Waals surface area contributed by atoms with Crippen LogP contribution in [0.3, 0.4) is 0 Å². The number of nitrogens with one attached hydrogen (secondary N) is 1. The third kappa shape index (κ3) is 3.63. The van der Waals surface area contributed by atoms with Crippen LogP contribution < -0.4 is 5.32 Å². The Morgan fingerprint density at radius 2 is 2.18 bits per heavy atom. The molecule has 2 aromatic heterocycles. The average molecular weight is 230 g/mol. The lowest BCUT2D eigenvalue weighted by atomic mass is 10.1. The summed E-state index contributed by atoms with van der Waals surface area (Å²) in [5.41, 5.74) is 1.04. The summed E-state index contributed by atoms with van der Waals surface area (Å²) < 4.78 is 5.31. The molecule has 0 aliphatic rings. The highest BCUT2D eigenvalue weighted by Crippen LogP contribution is 2.10. The van der Waals surface area contributed by atoms with Crippen LogP contribution in [-0.4, -0.2) is 11.0 Å². The van der Waals surface area contributed by atoms with E-state index in [1.807, 2.05) is 37.3 Å². The summed E-state index contributed by atoms with van der Waals surface area (Å²) in [5.74, 6) is 1.98. The molecule has 1 atom stereocenters. The van der Waals surface area contributed by atoms with Crippen LogP contribution in [0, 0.1) is 6.92 Å². The lowest BCUT2D eigenvalue weighted by molar-refractivity contribution is 0.495. The summed E-state index contributed by atoms with van der Waals surface area (Å²) in [6, 6.07) is 10.3. The second kappa shape index (κ2) is 5.53. The number of anilines is 1. The van der Waals surface area contributed by atoms with Crippen molar-refractivity contribution in [2.24, 2.45) is 0 Å². The van der Waals surface area contributed by atoms with Crippen LogP contribution in [0.4, 0.5) is 5.82 Å². The van der Waals surface area contributed by atoms with Crippen molar-refractivity contribution in [1.82, 2.24) is 4.98 Å². The number of furan rings is 1. The zero-order chi connectivity index (χ0) is 12.1. The van der Waals surface area contributed by atoms with Gasteiger partial charge in [-0.15, -0.1) is 0 Å². The predicted molar refractivity (Wildman–Crippen MR) is 69.1 cm³/mol. The molecule has 2 aromatic rings. The van der Waals surface area contributed by atoms with Gasteiger partial charge in [-0.1, -0.05) is 6.07 Å². The average Bonchev–Trinajstić information content (AvgIpc) is 2.79. The summed E-state index contributed by atoms with van der Waals surface area (Å²) in [4.78, 5) is 4.42. The van der Waals surface area contributed by atoms with Gasteiger partial charge in [-0.3, -0.25) is 0 Å². The minimum Gasteiger partial charge on any atom is -0.469 e. The van der Waals surface area contributed by atoms with E-state index >= 15 is 0 Å². The largest absolute Gasteiger partial charge is 0.469 e. The van der Waals surface area contributed by atoms with Gasteiger partial charge < -0.3 is 9.73 Å². The Bertz CT molecular complexity index is 451. The molecule has 0 amide bonds. The number of hydrogen-bond donors (Lipinski definition) is 1. The molecule has 2 rings (SSSR count). The molecule has 1 N–H and O–H groups in total. The van der Waals surface area contributed by atoms with Crippen LogP contribution in [0.15, 0.2) is 41.0 Å². The second-order valence-electron chi connectivity index (χ2n) is 4.33. The van der Waals surface area contributed by atoms with E-state index in [0.717, 1.165) is 30.1 Å². The van der Waals surface area contributed by atoms with Crippen LogP contribution in [0.2, 0.25) is 0 Å². The molecule has 0 bridgehead atoms. The van der Waals surface area contributed by atoms with Gasteiger partial charge >= 0.3 is 0 Å². The van der Waals surface area contributed by atoms with Crippen LogP contribution in [0.1, 0.15) is 24.8 Å². The highest BCUT2D eigenvalue weighted by molar-refractivity contribution is 5.35. The van der Waals surface area contributed by atoms with E-state index in [1.54, 1.807) is 6.26 Å². The van der Waals surface area contributed by atoms with Crippen LogP contribution in [0.25, 0.3) is 0 Å². The molecular formula is C14H18N2O. The lowest BCUT2D eigenvalue weighted by Crippen LogP contribution is -2.16. The zero-order valence-corrected chi connectivity index (χ0v) is 10.3. The van der Waals surface area contributed by atoms with Crippen LogP contribution >= 0.6 is 0 Å². The Kier molecular flexibility index (Phi) is 3.81. The smallest absolute Gasteiger partial charge is 0.126 e. The highest BCUT2D eigenvalue weighted by atomic mass is 16.3. The summed E-state index contributed by atoms with van der Waals surface area (Å²) in [6.45, 7) is 4.16. The third-order valence-electron chi connectivity index (χ3n) is 2.69. The first-order chi connectivity index (χ1) is 8.24. The molecular weight excluding hydrogens is 212 g/mol. The molecule has 0 saturated carbocycles. The van der Waals surface area contributed by atoms with Crippen molar-refractivity contribution < 1.29 is 4.42 Å². The number of aryl methyl sites for hydroxylation is 2. The molecule has 90 valence electrons. The topological polar surface area (TPSA) is 38.1 Å². The van der Waals surface area contributed by atoms with Gasteiger partial charge in [-0.05, 0) is 44.5 Å². The van der Waals surface area contributed by atoms with Crippen molar-refractivity contribution in [1.29, 1.82) is 0 Å². The van der Waals surface area contributed by atoms with Crippen molar-refractivity contribution in [3.63, 3.8) is 0 Å².